The van der Waals surface area contributed by atoms with Crippen molar-refractivity contribution in [3.63, 3.8) is 0 Å². The normalized spacial score (nSPS) is 18.4. The number of piperidine rings is 1. The van der Waals surface area contributed by atoms with Crippen LogP contribution in [-0.4, -0.2) is 39.5 Å². The number of nitrogens with zero attached hydrogens (tertiary/aromatic N) is 1. The van der Waals surface area contributed by atoms with Crippen LogP contribution in [0.15, 0.2) is 27.6 Å². The zero-order valence-corrected chi connectivity index (χ0v) is 14.2. The summed E-state index contributed by atoms with van der Waals surface area (Å²) in [5.74, 6) is 0.468. The van der Waals surface area contributed by atoms with Crippen molar-refractivity contribution < 1.29 is 13.2 Å². The Morgan fingerprint density at radius 3 is 2.60 bits per heavy atom. The van der Waals surface area contributed by atoms with Gasteiger partial charge in [-0.25, -0.2) is 8.42 Å². The van der Waals surface area contributed by atoms with Crippen LogP contribution in [-0.2, 0) is 14.8 Å². The van der Waals surface area contributed by atoms with Gasteiger partial charge in [0.2, 0.25) is 10.0 Å². The van der Waals surface area contributed by atoms with Gasteiger partial charge in [0.15, 0.2) is 0 Å². The van der Waals surface area contributed by atoms with Gasteiger partial charge in [-0.2, -0.15) is 4.31 Å². The number of halogens is 1. The maximum absolute atomic E-state index is 12.7. The summed E-state index contributed by atoms with van der Waals surface area (Å²) in [5, 5.41) is 0. The number of sulfonamides is 1. The predicted octanol–water partition coefficient (Wildman–Crippen LogP) is 2.80. The first-order chi connectivity index (χ1) is 9.45. The van der Waals surface area contributed by atoms with Gasteiger partial charge < -0.3 is 4.74 Å². The van der Waals surface area contributed by atoms with Crippen LogP contribution in [0.2, 0.25) is 0 Å². The number of hydrogen-bond acceptors (Lipinski definition) is 3. The van der Waals surface area contributed by atoms with Gasteiger partial charge in [-0.3, -0.25) is 0 Å². The fourth-order valence-electron chi connectivity index (χ4n) is 2.54. The monoisotopic (exact) mass is 361 g/mol. The molecule has 0 aliphatic carbocycles. The summed E-state index contributed by atoms with van der Waals surface area (Å²) in [5.41, 5.74) is 0.784. The summed E-state index contributed by atoms with van der Waals surface area (Å²) >= 11 is 3.34. The molecule has 0 saturated carbocycles. The third-order valence-corrected chi connectivity index (χ3v) is 6.28. The van der Waals surface area contributed by atoms with Crippen LogP contribution in [0.25, 0.3) is 0 Å². The lowest BCUT2D eigenvalue weighted by molar-refractivity contribution is 0.121. The molecule has 0 bridgehead atoms. The van der Waals surface area contributed by atoms with Gasteiger partial charge in [0.25, 0.3) is 0 Å². The summed E-state index contributed by atoms with van der Waals surface area (Å²) in [4.78, 5) is 0.400. The van der Waals surface area contributed by atoms with Crippen molar-refractivity contribution in [2.24, 2.45) is 5.92 Å². The predicted molar refractivity (Wildman–Crippen MR) is 82.2 cm³/mol. The minimum absolute atomic E-state index is 0.400. The average molecular weight is 362 g/mol. The van der Waals surface area contributed by atoms with Crippen LogP contribution in [0, 0.1) is 12.8 Å². The van der Waals surface area contributed by atoms with E-state index in [9.17, 15) is 8.42 Å². The fourth-order valence-corrected chi connectivity index (χ4v) is 4.78. The zero-order valence-electron chi connectivity index (χ0n) is 11.8. The largest absolute Gasteiger partial charge is 0.384 e. The highest BCUT2D eigenvalue weighted by Crippen LogP contribution is 2.27. The fraction of sp³-hybridized carbons (Fsp3) is 0.571. The molecule has 0 unspecified atom stereocenters. The molecule has 1 aliphatic rings. The Hall–Kier alpha value is -0.430. The quantitative estimate of drug-likeness (QED) is 0.828. The molecule has 20 heavy (non-hydrogen) atoms. The maximum Gasteiger partial charge on any atom is 0.243 e. The molecule has 0 aromatic heterocycles. The number of methoxy groups -OCH3 is 1. The Kier molecular flexibility index (Phi) is 5.23. The Morgan fingerprint density at radius 2 is 2.00 bits per heavy atom. The standard InChI is InChI=1S/C14H20BrNO3S/c1-11-3-4-13(15)9-14(11)20(17,18)16-7-5-12(6-8-16)10-19-2/h3-4,9,12H,5-8,10H2,1-2H3. The summed E-state index contributed by atoms with van der Waals surface area (Å²) < 4.78 is 32.9. The second kappa shape index (κ2) is 6.56. The molecule has 6 heteroatoms. The lowest BCUT2D eigenvalue weighted by atomic mass is 9.99. The van der Waals surface area contributed by atoms with Crippen molar-refractivity contribution in [3.05, 3.63) is 28.2 Å². The topological polar surface area (TPSA) is 46.6 Å². The molecule has 2 rings (SSSR count). The minimum Gasteiger partial charge on any atom is -0.384 e. The summed E-state index contributed by atoms with van der Waals surface area (Å²) in [6, 6.07) is 5.37. The molecule has 1 heterocycles. The number of rotatable bonds is 4. The first-order valence-electron chi connectivity index (χ1n) is 6.70. The van der Waals surface area contributed by atoms with E-state index in [1.54, 1.807) is 17.5 Å². The van der Waals surface area contributed by atoms with Gasteiger partial charge in [0.1, 0.15) is 0 Å². The molecule has 0 radical (unpaired) electrons. The van der Waals surface area contributed by atoms with Crippen LogP contribution in [0.4, 0.5) is 0 Å². The van der Waals surface area contributed by atoms with Gasteiger partial charge in [-0.1, -0.05) is 22.0 Å². The summed E-state index contributed by atoms with van der Waals surface area (Å²) in [7, 11) is -1.70. The van der Waals surface area contributed by atoms with Gasteiger partial charge in [0.05, 0.1) is 4.90 Å². The van der Waals surface area contributed by atoms with Crippen molar-refractivity contribution in [1.82, 2.24) is 4.31 Å². The van der Waals surface area contributed by atoms with E-state index in [0.717, 1.165) is 22.9 Å². The lowest BCUT2D eigenvalue weighted by Gasteiger charge is -2.31. The van der Waals surface area contributed by atoms with Crippen LogP contribution < -0.4 is 0 Å². The molecule has 112 valence electrons. The van der Waals surface area contributed by atoms with E-state index < -0.39 is 10.0 Å². The molecular formula is C14H20BrNO3S. The molecule has 0 spiro atoms. The second-order valence-corrected chi connectivity index (χ2v) is 8.03. The van der Waals surface area contributed by atoms with Gasteiger partial charge in [0, 0.05) is 31.3 Å². The van der Waals surface area contributed by atoms with E-state index in [1.165, 1.54) is 0 Å². The molecule has 4 nitrogen and oxygen atoms in total. The minimum atomic E-state index is -3.39. The van der Waals surface area contributed by atoms with Gasteiger partial charge in [-0.15, -0.1) is 0 Å². The molecule has 0 N–H and O–H groups in total. The molecule has 0 atom stereocenters. The first-order valence-corrected chi connectivity index (χ1v) is 8.93. The maximum atomic E-state index is 12.7. The van der Waals surface area contributed by atoms with Crippen LogP contribution >= 0.6 is 15.9 Å². The van der Waals surface area contributed by atoms with Crippen molar-refractivity contribution in [1.29, 1.82) is 0 Å². The van der Waals surface area contributed by atoms with Crippen molar-refractivity contribution in [2.75, 3.05) is 26.8 Å². The highest BCUT2D eigenvalue weighted by molar-refractivity contribution is 9.10. The Labute approximate surface area is 129 Å². The van der Waals surface area contributed by atoms with Crippen LogP contribution in [0.3, 0.4) is 0 Å². The summed E-state index contributed by atoms with van der Waals surface area (Å²) in [6.45, 7) is 3.69. The van der Waals surface area contributed by atoms with Crippen molar-refractivity contribution in [3.8, 4) is 0 Å². The Morgan fingerprint density at radius 1 is 1.35 bits per heavy atom. The molecule has 0 amide bonds. The highest BCUT2D eigenvalue weighted by atomic mass is 79.9. The number of ether oxygens (including phenoxy) is 1. The molecule has 1 fully saturated rings. The SMILES string of the molecule is COCC1CCN(S(=O)(=O)c2cc(Br)ccc2C)CC1. The molecule has 1 saturated heterocycles. The van der Waals surface area contributed by atoms with Crippen LogP contribution in [0.5, 0.6) is 0 Å². The summed E-state index contributed by atoms with van der Waals surface area (Å²) in [6.07, 6.45) is 1.72. The molecular weight excluding hydrogens is 342 g/mol. The van der Waals surface area contributed by atoms with E-state index in [-0.39, 0.29) is 0 Å². The van der Waals surface area contributed by atoms with Gasteiger partial charge in [-0.05, 0) is 43.4 Å². The third kappa shape index (κ3) is 3.42. The van der Waals surface area contributed by atoms with E-state index in [0.29, 0.717) is 30.5 Å². The van der Waals surface area contributed by atoms with Gasteiger partial charge >= 0.3 is 0 Å². The average Bonchev–Trinajstić information content (AvgIpc) is 2.42. The third-order valence-electron chi connectivity index (χ3n) is 3.74. The van der Waals surface area contributed by atoms with Crippen molar-refractivity contribution in [2.45, 2.75) is 24.7 Å². The number of benzene rings is 1. The van der Waals surface area contributed by atoms with E-state index in [2.05, 4.69) is 15.9 Å². The number of aryl methyl sites for hydroxylation is 1. The highest BCUT2D eigenvalue weighted by Gasteiger charge is 2.30. The first kappa shape index (κ1) is 15.9. The Balaban J connectivity index is 2.18. The van der Waals surface area contributed by atoms with E-state index >= 15 is 0 Å². The smallest absolute Gasteiger partial charge is 0.243 e. The zero-order chi connectivity index (χ0) is 14.8. The van der Waals surface area contributed by atoms with Crippen molar-refractivity contribution >= 4 is 26.0 Å². The van der Waals surface area contributed by atoms with E-state index in [1.807, 2.05) is 19.1 Å². The van der Waals surface area contributed by atoms with E-state index in [4.69, 9.17) is 4.74 Å². The lowest BCUT2D eigenvalue weighted by Crippen LogP contribution is -2.39. The number of hydrogen-bond donors (Lipinski definition) is 0. The molecule has 1 aromatic carbocycles. The molecule has 1 aliphatic heterocycles. The second-order valence-electron chi connectivity index (χ2n) is 5.21. The Bertz CT molecular complexity index is 566. The van der Waals surface area contributed by atoms with Crippen LogP contribution in [0.1, 0.15) is 18.4 Å². The molecule has 1 aromatic rings.